The van der Waals surface area contributed by atoms with Crippen molar-refractivity contribution in [2.75, 3.05) is 6.61 Å². The van der Waals surface area contributed by atoms with Crippen LogP contribution in [0.1, 0.15) is 47.3 Å². The van der Waals surface area contributed by atoms with Gasteiger partial charge in [0.2, 0.25) is 5.43 Å². The highest BCUT2D eigenvalue weighted by molar-refractivity contribution is 6.30. The van der Waals surface area contributed by atoms with Crippen molar-refractivity contribution in [3.63, 3.8) is 0 Å². The predicted molar refractivity (Wildman–Crippen MR) is 141 cm³/mol. The van der Waals surface area contributed by atoms with Gasteiger partial charge in [-0.2, -0.15) is 0 Å². The van der Waals surface area contributed by atoms with Gasteiger partial charge in [-0.15, -0.1) is 0 Å². The van der Waals surface area contributed by atoms with Gasteiger partial charge in [-0.1, -0.05) is 74.0 Å². The molecular formula is C29H29ClN2O3. The Hall–Kier alpha value is -3.41. The molecule has 0 unspecified atom stereocenters. The van der Waals surface area contributed by atoms with E-state index in [1.54, 1.807) is 12.1 Å². The molecule has 0 aliphatic carbocycles. The Balaban J connectivity index is 1.46. The quantitative estimate of drug-likeness (QED) is 0.284. The summed E-state index contributed by atoms with van der Waals surface area (Å²) in [4.78, 5) is 29.0. The Bertz CT molecular complexity index is 1360. The van der Waals surface area contributed by atoms with Crippen LogP contribution in [0.3, 0.4) is 0 Å². The number of ether oxygens (including phenoxy) is 1. The van der Waals surface area contributed by atoms with E-state index >= 15 is 0 Å². The normalized spacial score (nSPS) is 11.5. The molecule has 1 heterocycles. The summed E-state index contributed by atoms with van der Waals surface area (Å²) in [7, 11) is 0. The average Bonchev–Trinajstić information content (AvgIpc) is 2.87. The molecule has 5 nitrogen and oxygen atoms in total. The third-order valence-corrected chi connectivity index (χ3v) is 6.51. The number of carbonyl (C=O) groups excluding carboxylic acids is 1. The van der Waals surface area contributed by atoms with Gasteiger partial charge in [-0.05, 0) is 52.8 Å². The summed E-state index contributed by atoms with van der Waals surface area (Å²) in [5.74, 6) is -0.415. The minimum absolute atomic E-state index is 0.0904. The Kier molecular flexibility index (Phi) is 7.69. The van der Waals surface area contributed by atoms with Crippen molar-refractivity contribution in [2.45, 2.75) is 38.8 Å². The smallest absolute Gasteiger partial charge is 0.257 e. The standard InChI is InChI=1S/C29H29ClN2O3/c1-29(2,14-15-35-19-21-6-4-3-5-7-21)22-10-13-26-24(16-22)27(33)25(18-31-26)28(34)32-17-20-8-11-23(30)12-9-20/h3-13,16,18H,14-15,17,19H2,1-2H3,(H,31,33)(H,32,34). The molecule has 0 saturated heterocycles. The molecule has 180 valence electrons. The number of pyridine rings is 1. The Morgan fingerprint density at radius 3 is 2.49 bits per heavy atom. The third kappa shape index (κ3) is 6.18. The van der Waals surface area contributed by atoms with E-state index in [1.165, 1.54) is 6.20 Å². The largest absolute Gasteiger partial charge is 0.377 e. The van der Waals surface area contributed by atoms with Crippen LogP contribution in [-0.2, 0) is 23.3 Å². The molecule has 0 radical (unpaired) electrons. The monoisotopic (exact) mass is 488 g/mol. The Morgan fingerprint density at radius 1 is 1.00 bits per heavy atom. The van der Waals surface area contributed by atoms with Gasteiger partial charge in [0.1, 0.15) is 5.56 Å². The van der Waals surface area contributed by atoms with Crippen LogP contribution in [0.25, 0.3) is 10.9 Å². The highest BCUT2D eigenvalue weighted by atomic mass is 35.5. The van der Waals surface area contributed by atoms with Gasteiger partial charge in [0.15, 0.2) is 0 Å². The lowest BCUT2D eigenvalue weighted by atomic mass is 9.81. The number of H-pyrrole nitrogens is 1. The highest BCUT2D eigenvalue weighted by Crippen LogP contribution is 2.29. The van der Waals surface area contributed by atoms with Crippen molar-refractivity contribution in [3.8, 4) is 0 Å². The van der Waals surface area contributed by atoms with Crippen LogP contribution in [0.2, 0.25) is 5.02 Å². The number of hydrogen-bond acceptors (Lipinski definition) is 3. The molecule has 4 aromatic rings. The molecule has 0 atom stereocenters. The van der Waals surface area contributed by atoms with E-state index < -0.39 is 5.91 Å². The first kappa shape index (κ1) is 24.7. The lowest BCUT2D eigenvalue weighted by Gasteiger charge is -2.25. The number of benzene rings is 3. The van der Waals surface area contributed by atoms with Gasteiger partial charge in [0.05, 0.1) is 6.61 Å². The number of nitrogens with one attached hydrogen (secondary N) is 2. The second kappa shape index (κ2) is 10.9. The lowest BCUT2D eigenvalue weighted by Crippen LogP contribution is -2.28. The third-order valence-electron chi connectivity index (χ3n) is 6.26. The first-order chi connectivity index (χ1) is 16.8. The van der Waals surface area contributed by atoms with Crippen molar-refractivity contribution >= 4 is 28.4 Å². The summed E-state index contributed by atoms with van der Waals surface area (Å²) in [5, 5.41) is 3.95. The van der Waals surface area contributed by atoms with E-state index in [-0.39, 0.29) is 16.4 Å². The number of halogens is 1. The molecule has 3 aromatic carbocycles. The van der Waals surface area contributed by atoms with E-state index in [1.807, 2.05) is 60.7 Å². The number of aromatic amines is 1. The van der Waals surface area contributed by atoms with Gasteiger partial charge in [-0.25, -0.2) is 0 Å². The van der Waals surface area contributed by atoms with E-state index in [4.69, 9.17) is 16.3 Å². The van der Waals surface area contributed by atoms with Crippen LogP contribution in [0, 0.1) is 0 Å². The fourth-order valence-corrected chi connectivity index (χ4v) is 4.05. The lowest BCUT2D eigenvalue weighted by molar-refractivity contribution is 0.0949. The van der Waals surface area contributed by atoms with Crippen LogP contribution in [0.4, 0.5) is 0 Å². The van der Waals surface area contributed by atoms with Crippen molar-refractivity contribution < 1.29 is 9.53 Å². The molecular weight excluding hydrogens is 460 g/mol. The molecule has 0 fully saturated rings. The second-order valence-corrected chi connectivity index (χ2v) is 9.71. The summed E-state index contributed by atoms with van der Waals surface area (Å²) < 4.78 is 5.88. The Morgan fingerprint density at radius 2 is 1.74 bits per heavy atom. The number of carbonyl (C=O) groups is 1. The zero-order chi connectivity index (χ0) is 24.8. The number of fused-ring (bicyclic) bond motifs is 1. The van der Waals surface area contributed by atoms with Gasteiger partial charge in [0.25, 0.3) is 5.91 Å². The number of rotatable bonds is 9. The zero-order valence-corrected chi connectivity index (χ0v) is 20.7. The first-order valence-corrected chi connectivity index (χ1v) is 12.0. The maximum Gasteiger partial charge on any atom is 0.257 e. The molecule has 0 spiro atoms. The molecule has 4 rings (SSSR count). The van der Waals surface area contributed by atoms with Crippen molar-refractivity contribution in [3.05, 3.63) is 116 Å². The minimum Gasteiger partial charge on any atom is -0.377 e. The molecule has 1 amide bonds. The average molecular weight is 489 g/mol. The molecule has 35 heavy (non-hydrogen) atoms. The van der Waals surface area contributed by atoms with Gasteiger partial charge >= 0.3 is 0 Å². The van der Waals surface area contributed by atoms with E-state index in [2.05, 4.69) is 24.1 Å². The topological polar surface area (TPSA) is 71.2 Å². The summed E-state index contributed by atoms with van der Waals surface area (Å²) in [5.41, 5.74) is 3.37. The van der Waals surface area contributed by atoms with Gasteiger partial charge in [0, 0.05) is 35.3 Å². The van der Waals surface area contributed by atoms with E-state index in [9.17, 15) is 9.59 Å². The van der Waals surface area contributed by atoms with Crippen LogP contribution in [-0.4, -0.2) is 17.5 Å². The summed E-state index contributed by atoms with van der Waals surface area (Å²) in [6.07, 6.45) is 2.27. The minimum atomic E-state index is -0.415. The predicted octanol–water partition coefficient (Wildman–Crippen LogP) is 6.00. The maximum atomic E-state index is 13.2. The summed E-state index contributed by atoms with van der Waals surface area (Å²) >= 11 is 5.91. The van der Waals surface area contributed by atoms with Crippen LogP contribution < -0.4 is 10.7 Å². The fraction of sp³-hybridized carbons (Fsp3) is 0.241. The molecule has 2 N–H and O–H groups in total. The van der Waals surface area contributed by atoms with Crippen molar-refractivity contribution in [2.24, 2.45) is 0 Å². The number of hydrogen-bond donors (Lipinski definition) is 2. The van der Waals surface area contributed by atoms with Crippen molar-refractivity contribution in [1.82, 2.24) is 10.3 Å². The zero-order valence-electron chi connectivity index (χ0n) is 19.9. The molecule has 0 bridgehead atoms. The SMILES string of the molecule is CC(C)(CCOCc1ccccc1)c1ccc2[nH]cc(C(=O)NCc3ccc(Cl)cc3)c(=O)c2c1. The van der Waals surface area contributed by atoms with E-state index in [0.29, 0.717) is 35.7 Å². The maximum absolute atomic E-state index is 13.2. The van der Waals surface area contributed by atoms with Gasteiger partial charge < -0.3 is 15.0 Å². The van der Waals surface area contributed by atoms with Crippen LogP contribution >= 0.6 is 11.6 Å². The summed E-state index contributed by atoms with van der Waals surface area (Å²) in [6.45, 7) is 5.75. The number of amides is 1. The van der Waals surface area contributed by atoms with Gasteiger partial charge in [-0.3, -0.25) is 9.59 Å². The molecule has 0 saturated carbocycles. The van der Waals surface area contributed by atoms with Crippen molar-refractivity contribution in [1.29, 1.82) is 0 Å². The summed E-state index contributed by atoms with van der Waals surface area (Å²) in [6, 6.07) is 23.1. The Labute approximate surface area is 210 Å². The van der Waals surface area contributed by atoms with E-state index in [0.717, 1.165) is 23.1 Å². The first-order valence-electron chi connectivity index (χ1n) is 11.6. The highest BCUT2D eigenvalue weighted by Gasteiger charge is 2.22. The second-order valence-electron chi connectivity index (χ2n) is 9.27. The molecule has 1 aromatic heterocycles. The fourth-order valence-electron chi connectivity index (χ4n) is 3.92. The molecule has 0 aliphatic rings. The molecule has 0 aliphatic heterocycles. The number of aromatic nitrogens is 1. The van der Waals surface area contributed by atoms with Crippen LogP contribution in [0.15, 0.2) is 83.8 Å². The molecule has 6 heteroatoms. The van der Waals surface area contributed by atoms with Crippen LogP contribution in [0.5, 0.6) is 0 Å².